The van der Waals surface area contributed by atoms with Gasteiger partial charge in [0.25, 0.3) is 0 Å². The summed E-state index contributed by atoms with van der Waals surface area (Å²) in [6.45, 7) is 8.09. The number of thioether (sulfide) groups is 1. The van der Waals surface area contributed by atoms with Gasteiger partial charge in [0.2, 0.25) is 5.91 Å². The molecule has 1 amide bonds. The highest BCUT2D eigenvalue weighted by molar-refractivity contribution is 8.16. The third kappa shape index (κ3) is 6.15. The van der Waals surface area contributed by atoms with Crippen LogP contribution in [0, 0.1) is 6.92 Å². The number of aryl methyl sites for hydroxylation is 1. The molecule has 0 spiro atoms. The molecule has 1 aromatic rings. The lowest BCUT2D eigenvalue weighted by molar-refractivity contribution is -0.141. The zero-order chi connectivity index (χ0) is 24.8. The summed E-state index contributed by atoms with van der Waals surface area (Å²) in [6, 6.07) is 7.69. The van der Waals surface area contributed by atoms with Crippen LogP contribution in [0.3, 0.4) is 0 Å². The number of methoxy groups -OCH3 is 1. The molecule has 4 rings (SSSR count). The van der Waals surface area contributed by atoms with E-state index in [-0.39, 0.29) is 18.9 Å². The SMILES string of the molecule is COCCOC(=O)C1=C(C)N=C2SC=C(CC(=O)NCCN3CCCC3)N2C1c1ccc(C)cc1. The first-order valence-electron chi connectivity index (χ1n) is 12.1. The van der Waals surface area contributed by atoms with Crippen molar-refractivity contribution in [2.45, 2.75) is 39.2 Å². The van der Waals surface area contributed by atoms with E-state index in [1.165, 1.54) is 24.6 Å². The Bertz CT molecular complexity index is 1030. The number of amides is 1. The molecule has 1 saturated heterocycles. The van der Waals surface area contributed by atoms with Gasteiger partial charge in [-0.15, -0.1) is 0 Å². The summed E-state index contributed by atoms with van der Waals surface area (Å²) in [6.07, 6.45) is 2.69. The molecule has 1 atom stereocenters. The Morgan fingerprint density at radius 1 is 1.14 bits per heavy atom. The molecule has 3 aliphatic heterocycles. The summed E-state index contributed by atoms with van der Waals surface area (Å²) in [5, 5.41) is 5.79. The van der Waals surface area contributed by atoms with Crippen LogP contribution in [0.15, 0.2) is 51.6 Å². The maximum absolute atomic E-state index is 13.2. The van der Waals surface area contributed by atoms with Gasteiger partial charge in [-0.1, -0.05) is 41.6 Å². The van der Waals surface area contributed by atoms with Gasteiger partial charge in [-0.25, -0.2) is 9.79 Å². The first-order valence-corrected chi connectivity index (χ1v) is 13.0. The first kappa shape index (κ1) is 25.5. The predicted octanol–water partition coefficient (Wildman–Crippen LogP) is 3.36. The number of aliphatic imine (C=N–C) groups is 1. The highest BCUT2D eigenvalue weighted by Gasteiger charge is 2.41. The van der Waals surface area contributed by atoms with Crippen molar-refractivity contribution in [3.8, 4) is 0 Å². The number of amidine groups is 1. The summed E-state index contributed by atoms with van der Waals surface area (Å²) >= 11 is 1.48. The van der Waals surface area contributed by atoms with E-state index in [1.54, 1.807) is 7.11 Å². The lowest BCUT2D eigenvalue weighted by Crippen LogP contribution is -2.39. The number of esters is 1. The van der Waals surface area contributed by atoms with E-state index in [0.717, 1.165) is 41.6 Å². The number of likely N-dealkylation sites (tertiary alicyclic amines) is 1. The summed E-state index contributed by atoms with van der Waals surface area (Å²) < 4.78 is 10.5. The second-order valence-electron chi connectivity index (χ2n) is 9.01. The Hall–Kier alpha value is -2.62. The van der Waals surface area contributed by atoms with Gasteiger partial charge in [-0.2, -0.15) is 0 Å². The van der Waals surface area contributed by atoms with E-state index in [9.17, 15) is 9.59 Å². The van der Waals surface area contributed by atoms with Crippen molar-refractivity contribution in [3.63, 3.8) is 0 Å². The lowest BCUT2D eigenvalue weighted by atomic mass is 9.93. The van der Waals surface area contributed by atoms with Crippen molar-refractivity contribution in [2.24, 2.45) is 4.99 Å². The zero-order valence-corrected chi connectivity index (χ0v) is 21.5. The van der Waals surface area contributed by atoms with Crippen LogP contribution in [0.25, 0.3) is 0 Å². The van der Waals surface area contributed by atoms with Gasteiger partial charge in [0.15, 0.2) is 5.17 Å². The minimum absolute atomic E-state index is 0.0320. The average molecular weight is 499 g/mol. The highest BCUT2D eigenvalue weighted by atomic mass is 32.2. The van der Waals surface area contributed by atoms with E-state index in [4.69, 9.17) is 14.5 Å². The molecule has 1 aromatic carbocycles. The molecule has 0 radical (unpaired) electrons. The molecule has 0 saturated carbocycles. The molecular weight excluding hydrogens is 464 g/mol. The van der Waals surface area contributed by atoms with Gasteiger partial charge in [-0.3, -0.25) is 4.79 Å². The van der Waals surface area contributed by atoms with Gasteiger partial charge in [-0.05, 0) is 50.8 Å². The Kier molecular flexibility index (Phi) is 8.64. The monoisotopic (exact) mass is 498 g/mol. The second-order valence-corrected chi connectivity index (χ2v) is 9.84. The topological polar surface area (TPSA) is 83.5 Å². The number of allylic oxidation sites excluding steroid dienone is 1. The Balaban J connectivity index is 1.53. The molecule has 3 aliphatic rings. The third-order valence-corrected chi connectivity index (χ3v) is 7.31. The standard InChI is InChI=1S/C26H34N4O4S/c1-18-6-8-20(9-7-18)24-23(25(32)34-15-14-33-3)19(2)28-26-30(24)21(17-35-26)16-22(31)27-10-13-29-11-4-5-12-29/h6-9,17,24H,4-5,10-16H2,1-3H3,(H,27,31). The number of hydrogen-bond acceptors (Lipinski definition) is 8. The summed E-state index contributed by atoms with van der Waals surface area (Å²) in [5.41, 5.74) is 4.02. The fourth-order valence-electron chi connectivity index (χ4n) is 4.58. The molecule has 1 N–H and O–H groups in total. The third-order valence-electron chi connectivity index (χ3n) is 6.42. The maximum Gasteiger partial charge on any atom is 0.338 e. The van der Waals surface area contributed by atoms with Gasteiger partial charge >= 0.3 is 5.97 Å². The first-order chi connectivity index (χ1) is 17.0. The van der Waals surface area contributed by atoms with Crippen LogP contribution in [0.2, 0.25) is 0 Å². The molecule has 1 unspecified atom stereocenters. The number of ether oxygens (including phenoxy) is 2. The van der Waals surface area contributed by atoms with Crippen LogP contribution >= 0.6 is 11.8 Å². The van der Waals surface area contributed by atoms with Gasteiger partial charge < -0.3 is 24.6 Å². The van der Waals surface area contributed by atoms with Crippen LogP contribution in [0.1, 0.15) is 43.4 Å². The summed E-state index contributed by atoms with van der Waals surface area (Å²) in [5.74, 6) is -0.449. The molecule has 8 nitrogen and oxygen atoms in total. The highest BCUT2D eigenvalue weighted by Crippen LogP contribution is 2.44. The van der Waals surface area contributed by atoms with Crippen LogP contribution in [-0.2, 0) is 19.1 Å². The Morgan fingerprint density at radius 3 is 2.60 bits per heavy atom. The number of carbonyl (C=O) groups is 2. The van der Waals surface area contributed by atoms with E-state index >= 15 is 0 Å². The molecule has 188 valence electrons. The lowest BCUT2D eigenvalue weighted by Gasteiger charge is -2.36. The zero-order valence-electron chi connectivity index (χ0n) is 20.7. The van der Waals surface area contributed by atoms with Gasteiger partial charge in [0, 0.05) is 25.9 Å². The van der Waals surface area contributed by atoms with Crippen LogP contribution < -0.4 is 5.32 Å². The van der Waals surface area contributed by atoms with Crippen molar-refractivity contribution in [1.82, 2.24) is 15.1 Å². The minimum Gasteiger partial charge on any atom is -0.460 e. The van der Waals surface area contributed by atoms with Crippen molar-refractivity contribution in [1.29, 1.82) is 0 Å². The van der Waals surface area contributed by atoms with Crippen molar-refractivity contribution in [3.05, 3.63) is 57.8 Å². The largest absolute Gasteiger partial charge is 0.460 e. The van der Waals surface area contributed by atoms with E-state index in [2.05, 4.69) is 10.2 Å². The van der Waals surface area contributed by atoms with E-state index < -0.39 is 12.0 Å². The summed E-state index contributed by atoms with van der Waals surface area (Å²) in [4.78, 5) is 35.1. The summed E-state index contributed by atoms with van der Waals surface area (Å²) in [7, 11) is 1.57. The molecule has 3 heterocycles. The maximum atomic E-state index is 13.2. The fraction of sp³-hybridized carbons (Fsp3) is 0.500. The van der Waals surface area contributed by atoms with Gasteiger partial charge in [0.05, 0.1) is 30.3 Å². The number of hydrogen-bond donors (Lipinski definition) is 1. The quantitative estimate of drug-likeness (QED) is 0.391. The minimum atomic E-state index is -0.420. The number of carbonyl (C=O) groups excluding carboxylic acids is 2. The Morgan fingerprint density at radius 2 is 1.89 bits per heavy atom. The molecule has 0 aliphatic carbocycles. The number of rotatable bonds is 10. The van der Waals surface area contributed by atoms with Crippen LogP contribution in [0.5, 0.6) is 0 Å². The molecule has 35 heavy (non-hydrogen) atoms. The van der Waals surface area contributed by atoms with Crippen molar-refractivity contribution < 1.29 is 19.1 Å². The molecule has 1 fully saturated rings. The van der Waals surface area contributed by atoms with Crippen molar-refractivity contribution >= 4 is 28.8 Å². The number of fused-ring (bicyclic) bond motifs is 1. The number of nitrogens with one attached hydrogen (secondary N) is 1. The normalized spacial score (nSPS) is 20.0. The molecular formula is C26H34N4O4S. The number of benzene rings is 1. The molecule has 0 aromatic heterocycles. The van der Waals surface area contributed by atoms with E-state index in [0.29, 0.717) is 24.4 Å². The molecule has 0 bridgehead atoms. The fourth-order valence-corrected chi connectivity index (χ4v) is 5.54. The second kappa shape index (κ2) is 11.9. The van der Waals surface area contributed by atoms with Gasteiger partial charge in [0.1, 0.15) is 6.61 Å². The molecule has 9 heteroatoms. The van der Waals surface area contributed by atoms with E-state index in [1.807, 2.05) is 48.4 Å². The van der Waals surface area contributed by atoms with Crippen molar-refractivity contribution in [2.75, 3.05) is 46.5 Å². The smallest absolute Gasteiger partial charge is 0.338 e. The average Bonchev–Trinajstić information content (AvgIpc) is 3.49. The number of nitrogens with zero attached hydrogens (tertiary/aromatic N) is 3. The van der Waals surface area contributed by atoms with Crippen LogP contribution in [-0.4, -0.2) is 73.3 Å². The van der Waals surface area contributed by atoms with Crippen LogP contribution in [0.4, 0.5) is 0 Å². The Labute approximate surface area is 211 Å². The predicted molar refractivity (Wildman–Crippen MR) is 138 cm³/mol.